The van der Waals surface area contributed by atoms with Crippen LogP contribution in [-0.2, 0) is 4.79 Å². The predicted molar refractivity (Wildman–Crippen MR) is 97.1 cm³/mol. The van der Waals surface area contributed by atoms with E-state index in [0.29, 0.717) is 0 Å². The van der Waals surface area contributed by atoms with Crippen LogP contribution < -0.4 is 5.32 Å². The number of guanidine groups is 1. The number of aliphatic imine (C=N–C) groups is 1. The fourth-order valence-corrected chi connectivity index (χ4v) is 3.44. The Hall–Kier alpha value is -1.30. The summed E-state index contributed by atoms with van der Waals surface area (Å²) in [6.45, 7) is 11.3. The third-order valence-corrected chi connectivity index (χ3v) is 5.26. The maximum atomic E-state index is 11.5. The molecular formula is C18H33N5O. The van der Waals surface area contributed by atoms with Crippen LogP contribution >= 0.6 is 0 Å². The minimum Gasteiger partial charge on any atom is -0.357 e. The Morgan fingerprint density at radius 2 is 1.79 bits per heavy atom. The highest BCUT2D eigenvalue weighted by atomic mass is 16.2. The second-order valence-electron chi connectivity index (χ2n) is 7.40. The molecule has 0 radical (unpaired) electrons. The van der Waals surface area contributed by atoms with Crippen LogP contribution in [0.3, 0.4) is 0 Å². The number of carbonyl (C=O) groups excluding carboxylic acids is 1. The number of piperazine rings is 1. The molecule has 0 bridgehead atoms. The molecule has 0 atom stereocenters. The molecule has 24 heavy (non-hydrogen) atoms. The zero-order valence-electron chi connectivity index (χ0n) is 15.3. The molecule has 0 aromatic carbocycles. The summed E-state index contributed by atoms with van der Waals surface area (Å²) in [4.78, 5) is 23.2. The SMILES string of the molecule is CCNC(=NCCN(CC1CC1)C1CC1)N1CCN(C(C)=O)CC1. The Bertz CT molecular complexity index is 450. The topological polar surface area (TPSA) is 51.2 Å². The minimum absolute atomic E-state index is 0.178. The molecule has 1 heterocycles. The zero-order valence-corrected chi connectivity index (χ0v) is 15.3. The number of nitrogens with one attached hydrogen (secondary N) is 1. The number of nitrogens with zero attached hydrogens (tertiary/aromatic N) is 4. The van der Waals surface area contributed by atoms with E-state index in [4.69, 9.17) is 4.99 Å². The first-order chi connectivity index (χ1) is 11.7. The molecule has 1 amide bonds. The number of hydrogen-bond donors (Lipinski definition) is 1. The van der Waals surface area contributed by atoms with Gasteiger partial charge in [0, 0.05) is 58.8 Å². The van der Waals surface area contributed by atoms with Crippen molar-refractivity contribution < 1.29 is 4.79 Å². The third-order valence-electron chi connectivity index (χ3n) is 5.26. The summed E-state index contributed by atoms with van der Waals surface area (Å²) < 4.78 is 0. The molecule has 3 rings (SSSR count). The van der Waals surface area contributed by atoms with Crippen molar-refractivity contribution in [2.75, 3.05) is 52.4 Å². The van der Waals surface area contributed by atoms with Crippen LogP contribution in [0.1, 0.15) is 39.5 Å². The zero-order chi connectivity index (χ0) is 16.9. The molecule has 136 valence electrons. The molecule has 3 aliphatic rings. The van der Waals surface area contributed by atoms with Gasteiger partial charge in [0.05, 0.1) is 6.54 Å². The smallest absolute Gasteiger partial charge is 0.219 e. The summed E-state index contributed by atoms with van der Waals surface area (Å²) in [6, 6.07) is 0.836. The third kappa shape index (κ3) is 5.10. The van der Waals surface area contributed by atoms with E-state index in [1.165, 1.54) is 32.2 Å². The fourth-order valence-electron chi connectivity index (χ4n) is 3.44. The van der Waals surface area contributed by atoms with E-state index >= 15 is 0 Å². The molecule has 0 spiro atoms. The van der Waals surface area contributed by atoms with Crippen LogP contribution in [0.25, 0.3) is 0 Å². The van der Waals surface area contributed by atoms with Gasteiger partial charge >= 0.3 is 0 Å². The molecule has 6 nitrogen and oxygen atoms in total. The molecule has 1 N–H and O–H groups in total. The van der Waals surface area contributed by atoms with Gasteiger partial charge in [0.2, 0.25) is 5.91 Å². The summed E-state index contributed by atoms with van der Waals surface area (Å²) in [7, 11) is 0. The molecule has 3 fully saturated rings. The Morgan fingerprint density at radius 1 is 1.12 bits per heavy atom. The average Bonchev–Trinajstić information content (AvgIpc) is 3.46. The molecule has 0 aromatic rings. The van der Waals surface area contributed by atoms with E-state index in [2.05, 4.69) is 22.0 Å². The number of carbonyl (C=O) groups is 1. The van der Waals surface area contributed by atoms with Crippen molar-refractivity contribution in [1.29, 1.82) is 0 Å². The van der Waals surface area contributed by atoms with Gasteiger partial charge in [0.15, 0.2) is 5.96 Å². The van der Waals surface area contributed by atoms with E-state index in [-0.39, 0.29) is 5.91 Å². The van der Waals surface area contributed by atoms with Crippen LogP contribution in [0, 0.1) is 5.92 Å². The largest absolute Gasteiger partial charge is 0.357 e. The van der Waals surface area contributed by atoms with Crippen LogP contribution in [-0.4, -0.2) is 85.0 Å². The van der Waals surface area contributed by atoms with E-state index in [0.717, 1.165) is 63.7 Å². The van der Waals surface area contributed by atoms with Crippen LogP contribution in [0.5, 0.6) is 0 Å². The van der Waals surface area contributed by atoms with Crippen LogP contribution in [0.4, 0.5) is 0 Å². The van der Waals surface area contributed by atoms with Crippen molar-refractivity contribution in [3.8, 4) is 0 Å². The quantitative estimate of drug-likeness (QED) is 0.557. The number of amides is 1. The fraction of sp³-hybridized carbons (Fsp3) is 0.889. The normalized spacial score (nSPS) is 22.2. The van der Waals surface area contributed by atoms with Crippen molar-refractivity contribution in [1.82, 2.24) is 20.0 Å². The first-order valence-electron chi connectivity index (χ1n) is 9.70. The van der Waals surface area contributed by atoms with Crippen molar-refractivity contribution in [3.05, 3.63) is 0 Å². The summed E-state index contributed by atoms with van der Waals surface area (Å²) in [5, 5.41) is 3.42. The standard InChI is InChI=1S/C18H33N5O/c1-3-19-18(22-12-10-21(11-13-22)15(2)24)20-8-9-23(17-6-7-17)14-16-4-5-16/h16-17H,3-14H2,1-2H3,(H,19,20). The van der Waals surface area contributed by atoms with Crippen molar-refractivity contribution in [3.63, 3.8) is 0 Å². The maximum Gasteiger partial charge on any atom is 0.219 e. The summed E-state index contributed by atoms with van der Waals surface area (Å²) in [6.07, 6.45) is 5.61. The Balaban J connectivity index is 1.48. The van der Waals surface area contributed by atoms with E-state index < -0.39 is 0 Å². The number of hydrogen-bond acceptors (Lipinski definition) is 3. The predicted octanol–water partition coefficient (Wildman–Crippen LogP) is 0.990. The summed E-state index contributed by atoms with van der Waals surface area (Å²) in [5.41, 5.74) is 0. The summed E-state index contributed by atoms with van der Waals surface area (Å²) in [5.74, 6) is 2.15. The van der Waals surface area contributed by atoms with Gasteiger partial charge in [-0.2, -0.15) is 0 Å². The Kier molecular flexibility index (Phi) is 5.98. The summed E-state index contributed by atoms with van der Waals surface area (Å²) >= 11 is 0. The van der Waals surface area contributed by atoms with Crippen molar-refractivity contribution in [2.45, 2.75) is 45.6 Å². The minimum atomic E-state index is 0.178. The molecule has 0 aromatic heterocycles. The van der Waals surface area contributed by atoms with Gasteiger partial charge in [-0.3, -0.25) is 14.7 Å². The van der Waals surface area contributed by atoms with Gasteiger partial charge in [0.1, 0.15) is 0 Å². The Morgan fingerprint density at radius 3 is 2.33 bits per heavy atom. The highest BCUT2D eigenvalue weighted by molar-refractivity contribution is 5.80. The molecular weight excluding hydrogens is 302 g/mol. The van der Waals surface area contributed by atoms with Gasteiger partial charge in [-0.1, -0.05) is 0 Å². The van der Waals surface area contributed by atoms with Crippen molar-refractivity contribution in [2.24, 2.45) is 10.9 Å². The Labute approximate surface area is 146 Å². The average molecular weight is 335 g/mol. The van der Waals surface area contributed by atoms with Crippen LogP contribution in [0.2, 0.25) is 0 Å². The first kappa shape index (κ1) is 17.5. The molecule has 1 aliphatic heterocycles. The lowest BCUT2D eigenvalue weighted by Crippen LogP contribution is -2.53. The second-order valence-corrected chi connectivity index (χ2v) is 7.40. The van der Waals surface area contributed by atoms with E-state index in [9.17, 15) is 4.79 Å². The van der Waals surface area contributed by atoms with Crippen molar-refractivity contribution >= 4 is 11.9 Å². The lowest BCUT2D eigenvalue weighted by atomic mass is 10.3. The van der Waals surface area contributed by atoms with E-state index in [1.807, 2.05) is 4.90 Å². The molecule has 0 unspecified atom stereocenters. The lowest BCUT2D eigenvalue weighted by Gasteiger charge is -2.36. The lowest BCUT2D eigenvalue weighted by molar-refractivity contribution is -0.130. The molecule has 2 saturated carbocycles. The van der Waals surface area contributed by atoms with Gasteiger partial charge in [-0.25, -0.2) is 0 Å². The monoisotopic (exact) mass is 335 g/mol. The highest BCUT2D eigenvalue weighted by Crippen LogP contribution is 2.34. The van der Waals surface area contributed by atoms with Gasteiger partial charge in [0.25, 0.3) is 0 Å². The number of rotatable bonds is 7. The van der Waals surface area contributed by atoms with E-state index in [1.54, 1.807) is 6.92 Å². The molecule has 2 aliphatic carbocycles. The highest BCUT2D eigenvalue weighted by Gasteiger charge is 2.33. The van der Waals surface area contributed by atoms with Gasteiger partial charge in [-0.05, 0) is 38.5 Å². The second kappa shape index (κ2) is 8.19. The van der Waals surface area contributed by atoms with Crippen LogP contribution in [0.15, 0.2) is 4.99 Å². The molecule has 6 heteroatoms. The van der Waals surface area contributed by atoms with Gasteiger partial charge < -0.3 is 15.1 Å². The molecule has 1 saturated heterocycles. The maximum absolute atomic E-state index is 11.5. The first-order valence-corrected chi connectivity index (χ1v) is 9.70. The van der Waals surface area contributed by atoms with Gasteiger partial charge in [-0.15, -0.1) is 0 Å².